The highest BCUT2D eigenvalue weighted by molar-refractivity contribution is 7.89. The molecule has 1 amide bonds. The number of piperidine rings is 1. The summed E-state index contributed by atoms with van der Waals surface area (Å²) in [6, 6.07) is 6.32. The molecule has 2 bridgehead atoms. The SMILES string of the molecule is CNC(=O)c1ccc(S(=O)(=O)N2C[C@H]3CC[C@H]2C3)cc1. The Morgan fingerprint density at radius 1 is 1.25 bits per heavy atom. The molecule has 2 fully saturated rings. The number of carbonyl (C=O) groups is 1. The Bertz CT molecular complexity index is 624. The summed E-state index contributed by atoms with van der Waals surface area (Å²) >= 11 is 0. The minimum Gasteiger partial charge on any atom is -0.355 e. The Hall–Kier alpha value is -1.40. The normalized spacial score (nSPS) is 25.9. The molecular weight excluding hydrogens is 276 g/mol. The molecule has 108 valence electrons. The summed E-state index contributed by atoms with van der Waals surface area (Å²) in [5, 5.41) is 2.52. The average molecular weight is 294 g/mol. The van der Waals surface area contributed by atoms with Crippen LogP contribution in [0.3, 0.4) is 0 Å². The number of rotatable bonds is 3. The quantitative estimate of drug-likeness (QED) is 0.911. The molecule has 0 aromatic heterocycles. The van der Waals surface area contributed by atoms with Gasteiger partial charge >= 0.3 is 0 Å². The monoisotopic (exact) mass is 294 g/mol. The van der Waals surface area contributed by atoms with Crippen molar-refractivity contribution in [1.82, 2.24) is 9.62 Å². The predicted molar refractivity (Wildman–Crippen MR) is 74.9 cm³/mol. The first kappa shape index (κ1) is 13.6. The smallest absolute Gasteiger partial charge is 0.251 e. The molecule has 1 N–H and O–H groups in total. The lowest BCUT2D eigenvalue weighted by Gasteiger charge is -2.26. The molecule has 3 rings (SSSR count). The van der Waals surface area contributed by atoms with Gasteiger partial charge in [-0.2, -0.15) is 4.31 Å². The summed E-state index contributed by atoms with van der Waals surface area (Å²) in [7, 11) is -1.87. The van der Waals surface area contributed by atoms with Crippen molar-refractivity contribution in [3.63, 3.8) is 0 Å². The number of benzene rings is 1. The molecule has 5 nitrogen and oxygen atoms in total. The van der Waals surface area contributed by atoms with Crippen LogP contribution in [0.1, 0.15) is 29.6 Å². The highest BCUT2D eigenvalue weighted by atomic mass is 32.2. The zero-order valence-corrected chi connectivity index (χ0v) is 12.2. The molecule has 1 saturated heterocycles. The van der Waals surface area contributed by atoms with E-state index in [1.54, 1.807) is 23.5 Å². The van der Waals surface area contributed by atoms with Gasteiger partial charge in [0.2, 0.25) is 10.0 Å². The molecule has 0 spiro atoms. The van der Waals surface area contributed by atoms with E-state index in [1.807, 2.05) is 0 Å². The molecule has 1 aliphatic carbocycles. The van der Waals surface area contributed by atoms with Crippen molar-refractivity contribution in [1.29, 1.82) is 0 Å². The second-order valence-electron chi connectivity index (χ2n) is 5.51. The Morgan fingerprint density at radius 3 is 2.45 bits per heavy atom. The van der Waals surface area contributed by atoms with E-state index >= 15 is 0 Å². The first-order valence-electron chi connectivity index (χ1n) is 6.86. The van der Waals surface area contributed by atoms with Gasteiger partial charge in [0, 0.05) is 25.2 Å². The van der Waals surface area contributed by atoms with Gasteiger partial charge in [-0.1, -0.05) is 0 Å². The van der Waals surface area contributed by atoms with Gasteiger partial charge in [0.05, 0.1) is 4.90 Å². The van der Waals surface area contributed by atoms with Gasteiger partial charge in [0.1, 0.15) is 0 Å². The van der Waals surface area contributed by atoms with E-state index in [-0.39, 0.29) is 16.8 Å². The van der Waals surface area contributed by atoms with Gasteiger partial charge in [-0.15, -0.1) is 0 Å². The second kappa shape index (κ2) is 4.86. The van der Waals surface area contributed by atoms with Crippen molar-refractivity contribution >= 4 is 15.9 Å². The number of amides is 1. The number of fused-ring (bicyclic) bond motifs is 2. The minimum absolute atomic E-state index is 0.170. The predicted octanol–water partition coefficient (Wildman–Crippen LogP) is 1.22. The lowest BCUT2D eigenvalue weighted by Crippen LogP contribution is -2.37. The summed E-state index contributed by atoms with van der Waals surface area (Å²) in [4.78, 5) is 11.7. The van der Waals surface area contributed by atoms with Crippen molar-refractivity contribution in [2.24, 2.45) is 5.92 Å². The van der Waals surface area contributed by atoms with Crippen LogP contribution in [0.4, 0.5) is 0 Å². The number of nitrogens with one attached hydrogen (secondary N) is 1. The van der Waals surface area contributed by atoms with E-state index in [0.717, 1.165) is 19.3 Å². The van der Waals surface area contributed by atoms with Crippen LogP contribution < -0.4 is 5.32 Å². The van der Waals surface area contributed by atoms with E-state index in [9.17, 15) is 13.2 Å². The van der Waals surface area contributed by atoms with Gasteiger partial charge in [-0.25, -0.2) is 8.42 Å². The highest BCUT2D eigenvalue weighted by Crippen LogP contribution is 2.40. The molecule has 2 aliphatic rings. The molecule has 6 heteroatoms. The van der Waals surface area contributed by atoms with E-state index in [0.29, 0.717) is 18.0 Å². The van der Waals surface area contributed by atoms with E-state index < -0.39 is 10.0 Å². The summed E-state index contributed by atoms with van der Waals surface area (Å²) in [6.45, 7) is 0.643. The number of nitrogens with zero attached hydrogens (tertiary/aromatic N) is 1. The Balaban J connectivity index is 1.86. The molecule has 2 atom stereocenters. The topological polar surface area (TPSA) is 66.5 Å². The number of sulfonamides is 1. The van der Waals surface area contributed by atoms with Gasteiger partial charge in [-0.3, -0.25) is 4.79 Å². The number of hydrogen-bond acceptors (Lipinski definition) is 3. The van der Waals surface area contributed by atoms with Crippen LogP contribution in [0.25, 0.3) is 0 Å². The summed E-state index contributed by atoms with van der Waals surface area (Å²) in [5.41, 5.74) is 0.467. The lowest BCUT2D eigenvalue weighted by atomic mass is 10.1. The van der Waals surface area contributed by atoms with Crippen molar-refractivity contribution in [2.75, 3.05) is 13.6 Å². The number of carbonyl (C=O) groups excluding carboxylic acids is 1. The van der Waals surface area contributed by atoms with Gasteiger partial charge in [0.15, 0.2) is 0 Å². The van der Waals surface area contributed by atoms with Crippen LogP contribution >= 0.6 is 0 Å². The van der Waals surface area contributed by atoms with Crippen LogP contribution in [0.2, 0.25) is 0 Å². The Kier molecular flexibility index (Phi) is 3.30. The molecule has 0 radical (unpaired) electrons. The molecular formula is C14H18N2O3S. The fourth-order valence-electron chi connectivity index (χ4n) is 3.23. The number of hydrogen-bond donors (Lipinski definition) is 1. The van der Waals surface area contributed by atoms with E-state index in [1.165, 1.54) is 12.1 Å². The van der Waals surface area contributed by atoms with Crippen LogP contribution in [-0.4, -0.2) is 38.3 Å². The third-order valence-electron chi connectivity index (χ3n) is 4.31. The van der Waals surface area contributed by atoms with E-state index in [2.05, 4.69) is 5.32 Å². The standard InChI is InChI=1S/C14H18N2O3S/c1-15-14(17)11-3-6-13(7-4-11)20(18,19)16-9-10-2-5-12(16)8-10/h3-4,6-7,10,12H,2,5,8-9H2,1H3,(H,15,17)/t10-,12-/m0/s1. The summed E-state index contributed by atoms with van der Waals surface area (Å²) in [5.74, 6) is 0.314. The third-order valence-corrected chi connectivity index (χ3v) is 6.24. The van der Waals surface area contributed by atoms with Crippen LogP contribution in [0.5, 0.6) is 0 Å². The van der Waals surface area contributed by atoms with Crippen molar-refractivity contribution in [3.8, 4) is 0 Å². The third kappa shape index (κ3) is 2.13. The minimum atomic E-state index is -3.42. The fraction of sp³-hybridized carbons (Fsp3) is 0.500. The highest BCUT2D eigenvalue weighted by Gasteiger charge is 2.44. The molecule has 1 aromatic carbocycles. The molecule has 1 heterocycles. The van der Waals surface area contributed by atoms with E-state index in [4.69, 9.17) is 0 Å². The molecule has 1 aliphatic heterocycles. The molecule has 0 unspecified atom stereocenters. The first-order valence-corrected chi connectivity index (χ1v) is 8.30. The maximum atomic E-state index is 12.6. The Labute approximate surface area is 119 Å². The molecule has 20 heavy (non-hydrogen) atoms. The summed E-state index contributed by atoms with van der Waals surface area (Å²) in [6.07, 6.45) is 3.11. The molecule has 1 saturated carbocycles. The first-order chi connectivity index (χ1) is 9.52. The zero-order valence-electron chi connectivity index (χ0n) is 11.4. The van der Waals surface area contributed by atoms with Crippen molar-refractivity contribution < 1.29 is 13.2 Å². The second-order valence-corrected chi connectivity index (χ2v) is 7.40. The van der Waals surface area contributed by atoms with Crippen molar-refractivity contribution in [3.05, 3.63) is 29.8 Å². The largest absolute Gasteiger partial charge is 0.355 e. The van der Waals surface area contributed by atoms with Crippen LogP contribution in [-0.2, 0) is 10.0 Å². The lowest BCUT2D eigenvalue weighted by molar-refractivity contribution is 0.0963. The molecule has 1 aromatic rings. The van der Waals surface area contributed by atoms with Gasteiger partial charge in [0.25, 0.3) is 5.91 Å². The fourth-order valence-corrected chi connectivity index (χ4v) is 4.97. The van der Waals surface area contributed by atoms with Crippen LogP contribution in [0, 0.1) is 5.92 Å². The zero-order chi connectivity index (χ0) is 14.3. The van der Waals surface area contributed by atoms with Crippen LogP contribution in [0.15, 0.2) is 29.2 Å². The maximum Gasteiger partial charge on any atom is 0.251 e. The van der Waals surface area contributed by atoms with Gasteiger partial charge in [-0.05, 0) is 49.4 Å². The Morgan fingerprint density at radius 2 is 1.95 bits per heavy atom. The van der Waals surface area contributed by atoms with Crippen molar-refractivity contribution in [2.45, 2.75) is 30.2 Å². The summed E-state index contributed by atoms with van der Waals surface area (Å²) < 4.78 is 26.8. The maximum absolute atomic E-state index is 12.6. The van der Waals surface area contributed by atoms with Gasteiger partial charge < -0.3 is 5.32 Å². The average Bonchev–Trinajstić information content (AvgIpc) is 3.09.